The van der Waals surface area contributed by atoms with Gasteiger partial charge in [-0.05, 0) is 41.7 Å². The molecule has 0 spiro atoms. The minimum absolute atomic E-state index is 0.0773. The average Bonchev–Trinajstić information content (AvgIpc) is 2.67. The Labute approximate surface area is 122 Å². The summed E-state index contributed by atoms with van der Waals surface area (Å²) in [6.45, 7) is 3.48. The van der Waals surface area contributed by atoms with E-state index >= 15 is 0 Å². The standard InChI is InChI=1S/C12H19BrN2O3S/c1-2-6-14-8-10-7-11(12(13)18-10)19(16,17)15-9-4-3-5-9/h7,9,14-15H,2-6,8H2,1H3. The maximum absolute atomic E-state index is 12.2. The van der Waals surface area contributed by atoms with E-state index < -0.39 is 10.0 Å². The van der Waals surface area contributed by atoms with Gasteiger partial charge in [-0.15, -0.1) is 0 Å². The molecule has 1 heterocycles. The fourth-order valence-electron chi connectivity index (χ4n) is 1.87. The second kappa shape index (κ2) is 6.39. The monoisotopic (exact) mass is 350 g/mol. The summed E-state index contributed by atoms with van der Waals surface area (Å²) in [6, 6.07) is 1.65. The van der Waals surface area contributed by atoms with Crippen LogP contribution in [0.3, 0.4) is 0 Å². The van der Waals surface area contributed by atoms with Crippen LogP contribution in [0.1, 0.15) is 38.4 Å². The van der Waals surface area contributed by atoms with Crippen LogP contribution in [0.4, 0.5) is 0 Å². The molecule has 0 saturated heterocycles. The quantitative estimate of drug-likeness (QED) is 0.740. The third kappa shape index (κ3) is 3.81. The summed E-state index contributed by atoms with van der Waals surface area (Å²) in [5.74, 6) is 0.620. The molecule has 0 aliphatic heterocycles. The Bertz CT molecular complexity index is 523. The summed E-state index contributed by atoms with van der Waals surface area (Å²) in [5, 5.41) is 3.18. The minimum Gasteiger partial charge on any atom is -0.452 e. The zero-order chi connectivity index (χ0) is 13.9. The highest BCUT2D eigenvalue weighted by molar-refractivity contribution is 9.10. The third-order valence-corrected chi connectivity index (χ3v) is 5.53. The normalized spacial score (nSPS) is 16.5. The first kappa shape index (κ1) is 15.0. The van der Waals surface area contributed by atoms with Gasteiger partial charge in [0, 0.05) is 12.1 Å². The molecule has 1 aromatic heterocycles. The molecule has 7 heteroatoms. The van der Waals surface area contributed by atoms with Gasteiger partial charge in [0.25, 0.3) is 0 Å². The van der Waals surface area contributed by atoms with Gasteiger partial charge < -0.3 is 9.73 Å². The Kier molecular flexibility index (Phi) is 5.05. The van der Waals surface area contributed by atoms with Crippen LogP contribution in [0.2, 0.25) is 0 Å². The van der Waals surface area contributed by atoms with Crippen LogP contribution in [0.25, 0.3) is 0 Å². The summed E-state index contributed by atoms with van der Waals surface area (Å²) in [7, 11) is -3.48. The number of furan rings is 1. The van der Waals surface area contributed by atoms with E-state index in [9.17, 15) is 8.42 Å². The number of halogens is 1. The molecule has 0 bridgehead atoms. The average molecular weight is 351 g/mol. The van der Waals surface area contributed by atoms with Gasteiger partial charge in [-0.2, -0.15) is 0 Å². The lowest BCUT2D eigenvalue weighted by atomic mass is 9.94. The Morgan fingerprint density at radius 3 is 2.79 bits per heavy atom. The van der Waals surface area contributed by atoms with E-state index in [-0.39, 0.29) is 15.6 Å². The molecule has 2 rings (SSSR count). The molecule has 0 aromatic carbocycles. The number of nitrogens with one attached hydrogen (secondary N) is 2. The van der Waals surface area contributed by atoms with Crippen LogP contribution in [-0.4, -0.2) is 21.0 Å². The van der Waals surface area contributed by atoms with Crippen molar-refractivity contribution in [2.45, 2.75) is 50.1 Å². The maximum atomic E-state index is 12.2. The van der Waals surface area contributed by atoms with Crippen molar-refractivity contribution in [1.82, 2.24) is 10.0 Å². The first-order valence-corrected chi connectivity index (χ1v) is 8.82. The fraction of sp³-hybridized carbons (Fsp3) is 0.667. The molecule has 1 saturated carbocycles. The minimum atomic E-state index is -3.48. The van der Waals surface area contributed by atoms with E-state index in [0.717, 1.165) is 32.2 Å². The Balaban J connectivity index is 2.06. The summed E-state index contributed by atoms with van der Waals surface area (Å²) in [5.41, 5.74) is 0. The molecule has 19 heavy (non-hydrogen) atoms. The summed E-state index contributed by atoms with van der Waals surface area (Å²) in [4.78, 5) is 0.188. The van der Waals surface area contributed by atoms with Crippen molar-refractivity contribution in [3.05, 3.63) is 16.5 Å². The smallest absolute Gasteiger partial charge is 0.245 e. The first-order valence-electron chi connectivity index (χ1n) is 6.54. The molecule has 108 valence electrons. The molecule has 2 N–H and O–H groups in total. The van der Waals surface area contributed by atoms with Crippen molar-refractivity contribution in [2.75, 3.05) is 6.54 Å². The van der Waals surface area contributed by atoms with Gasteiger partial charge in [0.05, 0.1) is 6.54 Å². The lowest BCUT2D eigenvalue weighted by molar-refractivity contribution is 0.383. The highest BCUT2D eigenvalue weighted by Crippen LogP contribution is 2.28. The second-order valence-electron chi connectivity index (χ2n) is 4.78. The Hall–Kier alpha value is -0.370. The van der Waals surface area contributed by atoms with Crippen molar-refractivity contribution in [3.8, 4) is 0 Å². The second-order valence-corrected chi connectivity index (χ2v) is 7.18. The van der Waals surface area contributed by atoms with Crippen LogP contribution >= 0.6 is 15.9 Å². The summed E-state index contributed by atoms with van der Waals surface area (Å²) < 4.78 is 32.7. The molecule has 1 aliphatic carbocycles. The zero-order valence-electron chi connectivity index (χ0n) is 10.9. The first-order chi connectivity index (χ1) is 9.03. The number of hydrogen-bond donors (Lipinski definition) is 2. The predicted molar refractivity (Wildman–Crippen MR) is 76.4 cm³/mol. The third-order valence-electron chi connectivity index (χ3n) is 3.15. The molecular weight excluding hydrogens is 332 g/mol. The summed E-state index contributed by atoms with van der Waals surface area (Å²) in [6.07, 6.45) is 3.95. The zero-order valence-corrected chi connectivity index (χ0v) is 13.3. The van der Waals surface area contributed by atoms with Gasteiger partial charge in [0.2, 0.25) is 10.0 Å². The molecule has 1 aromatic rings. The van der Waals surface area contributed by atoms with E-state index in [2.05, 4.69) is 32.9 Å². The summed E-state index contributed by atoms with van der Waals surface area (Å²) >= 11 is 3.18. The van der Waals surface area contributed by atoms with Crippen molar-refractivity contribution >= 4 is 26.0 Å². The van der Waals surface area contributed by atoms with E-state index in [4.69, 9.17) is 4.42 Å². The van der Waals surface area contributed by atoms with E-state index in [1.807, 2.05) is 0 Å². The highest BCUT2D eigenvalue weighted by Gasteiger charge is 2.28. The van der Waals surface area contributed by atoms with Crippen molar-refractivity contribution in [2.24, 2.45) is 0 Å². The number of hydrogen-bond acceptors (Lipinski definition) is 4. The van der Waals surface area contributed by atoms with Gasteiger partial charge in [0.15, 0.2) is 4.67 Å². The molecule has 0 unspecified atom stereocenters. The van der Waals surface area contributed by atoms with Crippen LogP contribution in [-0.2, 0) is 16.6 Å². The van der Waals surface area contributed by atoms with Gasteiger partial charge in [-0.25, -0.2) is 13.1 Å². The lowest BCUT2D eigenvalue weighted by Crippen LogP contribution is -2.39. The van der Waals surface area contributed by atoms with Crippen molar-refractivity contribution in [1.29, 1.82) is 0 Å². The topological polar surface area (TPSA) is 71.3 Å². The molecule has 0 atom stereocenters. The molecule has 5 nitrogen and oxygen atoms in total. The fourth-order valence-corrected chi connectivity index (χ4v) is 4.17. The van der Waals surface area contributed by atoms with Crippen LogP contribution in [0, 0.1) is 0 Å². The Morgan fingerprint density at radius 2 is 2.21 bits per heavy atom. The lowest BCUT2D eigenvalue weighted by Gasteiger charge is -2.25. The van der Waals surface area contributed by atoms with E-state index in [1.165, 1.54) is 0 Å². The predicted octanol–water partition coefficient (Wildman–Crippen LogP) is 2.37. The van der Waals surface area contributed by atoms with Gasteiger partial charge >= 0.3 is 0 Å². The molecule has 1 fully saturated rings. The number of rotatable bonds is 7. The van der Waals surface area contributed by atoms with E-state index in [0.29, 0.717) is 12.3 Å². The van der Waals surface area contributed by atoms with Crippen molar-refractivity contribution < 1.29 is 12.8 Å². The van der Waals surface area contributed by atoms with Crippen molar-refractivity contribution in [3.63, 3.8) is 0 Å². The van der Waals surface area contributed by atoms with Gasteiger partial charge in [0.1, 0.15) is 10.7 Å². The highest BCUT2D eigenvalue weighted by atomic mass is 79.9. The Morgan fingerprint density at radius 1 is 1.47 bits per heavy atom. The SMILES string of the molecule is CCCNCc1cc(S(=O)(=O)NC2CCC2)c(Br)o1. The molecule has 1 aliphatic rings. The van der Waals surface area contributed by atoms with Crippen LogP contribution in [0.5, 0.6) is 0 Å². The molecular formula is C12H19BrN2O3S. The van der Waals surface area contributed by atoms with Gasteiger partial charge in [-0.3, -0.25) is 0 Å². The largest absolute Gasteiger partial charge is 0.452 e. The van der Waals surface area contributed by atoms with Crippen LogP contribution < -0.4 is 10.0 Å². The molecule has 0 radical (unpaired) electrons. The maximum Gasteiger partial charge on any atom is 0.245 e. The van der Waals surface area contributed by atoms with Gasteiger partial charge in [-0.1, -0.05) is 13.3 Å². The number of sulfonamides is 1. The van der Waals surface area contributed by atoms with E-state index in [1.54, 1.807) is 6.07 Å². The van der Waals surface area contributed by atoms with Crippen LogP contribution in [0.15, 0.2) is 20.0 Å². The molecule has 0 amide bonds.